The molecule has 31 heavy (non-hydrogen) atoms. The number of aryl methyl sites for hydroxylation is 1. The van der Waals surface area contributed by atoms with Crippen molar-refractivity contribution in [1.29, 1.82) is 0 Å². The summed E-state index contributed by atoms with van der Waals surface area (Å²) in [6.07, 6.45) is -0.210. The van der Waals surface area contributed by atoms with E-state index in [0.717, 1.165) is 33.3 Å². The van der Waals surface area contributed by atoms with Gasteiger partial charge in [0.2, 0.25) is 0 Å². The van der Waals surface area contributed by atoms with Crippen LogP contribution in [0.5, 0.6) is 0 Å². The Kier molecular flexibility index (Phi) is 4.59. The Bertz CT molecular complexity index is 1300. The summed E-state index contributed by atoms with van der Waals surface area (Å²) >= 11 is 0. The lowest BCUT2D eigenvalue weighted by Crippen LogP contribution is -2.34. The number of carboxylic acids is 1. The SMILES string of the molecule is Cc1ccc(-c2[nH]c3ccccc3c2[C@H]2c3ccccc3C(=O)N2CCC(=O)[O-])cc1. The Morgan fingerprint density at radius 1 is 1.00 bits per heavy atom. The molecule has 154 valence electrons. The number of amides is 1. The van der Waals surface area contributed by atoms with E-state index in [4.69, 9.17) is 0 Å². The molecule has 5 heteroatoms. The largest absolute Gasteiger partial charge is 0.550 e. The number of hydrogen-bond donors (Lipinski definition) is 1. The second-order valence-electron chi connectivity index (χ2n) is 7.94. The van der Waals surface area contributed by atoms with E-state index in [1.165, 1.54) is 5.56 Å². The molecule has 1 amide bonds. The van der Waals surface area contributed by atoms with Crippen molar-refractivity contribution >= 4 is 22.8 Å². The summed E-state index contributed by atoms with van der Waals surface area (Å²) in [7, 11) is 0. The van der Waals surface area contributed by atoms with Gasteiger partial charge in [0.1, 0.15) is 0 Å². The van der Waals surface area contributed by atoms with E-state index in [2.05, 4.69) is 29.2 Å². The van der Waals surface area contributed by atoms with Crippen molar-refractivity contribution in [3.05, 3.63) is 95.1 Å². The van der Waals surface area contributed by atoms with Gasteiger partial charge in [-0.2, -0.15) is 0 Å². The first-order chi connectivity index (χ1) is 15.0. The second kappa shape index (κ2) is 7.43. The monoisotopic (exact) mass is 409 g/mol. The summed E-state index contributed by atoms with van der Waals surface area (Å²) in [5.74, 6) is -1.32. The highest BCUT2D eigenvalue weighted by Gasteiger charge is 2.39. The molecule has 5 nitrogen and oxygen atoms in total. The number of carbonyl (C=O) groups excluding carboxylic acids is 2. The minimum atomic E-state index is -1.17. The van der Waals surface area contributed by atoms with Crippen molar-refractivity contribution in [2.75, 3.05) is 6.54 Å². The lowest BCUT2D eigenvalue weighted by Gasteiger charge is -2.27. The van der Waals surface area contributed by atoms with Crippen LogP contribution in [0, 0.1) is 6.92 Å². The molecular formula is C26H21N2O3-. The molecule has 0 bridgehead atoms. The molecule has 1 aliphatic heterocycles. The first-order valence-electron chi connectivity index (χ1n) is 10.3. The van der Waals surface area contributed by atoms with Crippen LogP contribution in [0.2, 0.25) is 0 Å². The molecule has 0 fully saturated rings. The molecule has 5 rings (SSSR count). The lowest BCUT2D eigenvalue weighted by atomic mass is 9.93. The molecule has 1 N–H and O–H groups in total. The molecule has 1 atom stereocenters. The zero-order valence-corrected chi connectivity index (χ0v) is 17.1. The topological polar surface area (TPSA) is 76.2 Å². The van der Waals surface area contributed by atoms with Gasteiger partial charge in [0.05, 0.1) is 11.7 Å². The molecule has 0 aliphatic carbocycles. The van der Waals surface area contributed by atoms with E-state index in [1.54, 1.807) is 4.90 Å². The van der Waals surface area contributed by atoms with Gasteiger partial charge in [-0.15, -0.1) is 0 Å². The molecule has 3 aromatic carbocycles. The van der Waals surface area contributed by atoms with Gasteiger partial charge in [-0.3, -0.25) is 4.79 Å². The van der Waals surface area contributed by atoms with Gasteiger partial charge in [0.15, 0.2) is 0 Å². The number of aromatic nitrogens is 1. The van der Waals surface area contributed by atoms with Crippen LogP contribution < -0.4 is 5.11 Å². The van der Waals surface area contributed by atoms with Crippen molar-refractivity contribution in [3.8, 4) is 11.3 Å². The number of aliphatic carboxylic acids is 1. The molecule has 0 radical (unpaired) electrons. The van der Waals surface area contributed by atoms with Crippen molar-refractivity contribution in [2.45, 2.75) is 19.4 Å². The summed E-state index contributed by atoms with van der Waals surface area (Å²) in [6.45, 7) is 2.14. The predicted molar refractivity (Wildman–Crippen MR) is 117 cm³/mol. The molecule has 0 spiro atoms. The number of carboxylic acid groups (broad SMARTS) is 1. The average molecular weight is 409 g/mol. The minimum absolute atomic E-state index is 0.0906. The van der Waals surface area contributed by atoms with Crippen LogP contribution in [-0.4, -0.2) is 28.3 Å². The van der Waals surface area contributed by atoms with Gasteiger partial charge < -0.3 is 19.8 Å². The van der Waals surface area contributed by atoms with Crippen molar-refractivity contribution in [2.24, 2.45) is 0 Å². The van der Waals surface area contributed by atoms with Crippen LogP contribution in [0.25, 0.3) is 22.2 Å². The zero-order valence-electron chi connectivity index (χ0n) is 17.1. The van der Waals surface area contributed by atoms with E-state index in [0.29, 0.717) is 5.56 Å². The molecule has 4 aromatic rings. The number of benzene rings is 3. The first kappa shape index (κ1) is 19.1. The number of para-hydroxylation sites is 1. The summed E-state index contributed by atoms with van der Waals surface area (Å²) in [5, 5.41) is 12.2. The average Bonchev–Trinajstić information content (AvgIpc) is 3.28. The predicted octanol–water partition coefficient (Wildman–Crippen LogP) is 3.83. The lowest BCUT2D eigenvalue weighted by molar-refractivity contribution is -0.305. The Morgan fingerprint density at radius 3 is 2.48 bits per heavy atom. The second-order valence-corrected chi connectivity index (χ2v) is 7.94. The minimum Gasteiger partial charge on any atom is -0.550 e. The molecule has 2 heterocycles. The number of hydrogen-bond acceptors (Lipinski definition) is 3. The highest BCUT2D eigenvalue weighted by Crippen LogP contribution is 2.45. The van der Waals surface area contributed by atoms with Crippen LogP contribution in [0.4, 0.5) is 0 Å². The van der Waals surface area contributed by atoms with Crippen LogP contribution in [0.1, 0.15) is 39.5 Å². The maximum absolute atomic E-state index is 13.2. The van der Waals surface area contributed by atoms with Gasteiger partial charge in [0, 0.05) is 41.0 Å². The number of fused-ring (bicyclic) bond motifs is 2. The van der Waals surface area contributed by atoms with Crippen molar-refractivity contribution in [1.82, 2.24) is 9.88 Å². The maximum Gasteiger partial charge on any atom is 0.255 e. The highest BCUT2D eigenvalue weighted by atomic mass is 16.4. The third kappa shape index (κ3) is 3.19. The van der Waals surface area contributed by atoms with Crippen LogP contribution >= 0.6 is 0 Å². The van der Waals surface area contributed by atoms with Gasteiger partial charge in [-0.05, 0) is 30.2 Å². The fourth-order valence-electron chi connectivity index (χ4n) is 4.52. The molecule has 0 unspecified atom stereocenters. The fraction of sp³-hybridized carbons (Fsp3) is 0.154. The Balaban J connectivity index is 1.76. The van der Waals surface area contributed by atoms with E-state index in [-0.39, 0.29) is 24.9 Å². The van der Waals surface area contributed by atoms with Gasteiger partial charge in [-0.1, -0.05) is 66.2 Å². The standard InChI is InChI=1S/C26H22N2O3/c1-16-10-12-17(13-11-16)24-23(20-8-4-5-9-21(20)27-24)25-18-6-2-3-7-19(18)26(31)28(25)15-14-22(29)30/h2-13,25,27H,14-15H2,1H3,(H,29,30)/p-1/t25-/m1/s1. The van der Waals surface area contributed by atoms with Crippen molar-refractivity contribution < 1.29 is 14.7 Å². The third-order valence-electron chi connectivity index (χ3n) is 5.98. The van der Waals surface area contributed by atoms with E-state index < -0.39 is 5.97 Å². The van der Waals surface area contributed by atoms with Crippen LogP contribution in [-0.2, 0) is 4.79 Å². The van der Waals surface area contributed by atoms with Crippen LogP contribution in [0.15, 0.2) is 72.8 Å². The summed E-state index contributed by atoms with van der Waals surface area (Å²) < 4.78 is 0. The number of nitrogens with zero attached hydrogens (tertiary/aromatic N) is 1. The molecule has 1 aromatic heterocycles. The van der Waals surface area contributed by atoms with Gasteiger partial charge in [0.25, 0.3) is 5.91 Å². The molecule has 0 saturated carbocycles. The van der Waals surface area contributed by atoms with E-state index in [1.807, 2.05) is 55.5 Å². The highest BCUT2D eigenvalue weighted by molar-refractivity contribution is 6.02. The zero-order chi connectivity index (χ0) is 21.5. The smallest absolute Gasteiger partial charge is 0.255 e. The first-order valence-corrected chi connectivity index (χ1v) is 10.3. The third-order valence-corrected chi connectivity index (χ3v) is 5.98. The van der Waals surface area contributed by atoms with Gasteiger partial charge in [-0.25, -0.2) is 0 Å². The number of nitrogens with one attached hydrogen (secondary N) is 1. The Labute approximate surface area is 179 Å². The van der Waals surface area contributed by atoms with E-state index >= 15 is 0 Å². The number of aromatic amines is 1. The number of rotatable bonds is 5. The quantitative estimate of drug-likeness (QED) is 0.544. The summed E-state index contributed by atoms with van der Waals surface area (Å²) in [4.78, 5) is 29.7. The number of carbonyl (C=O) groups is 2. The molecule has 0 saturated heterocycles. The maximum atomic E-state index is 13.2. The fourth-order valence-corrected chi connectivity index (χ4v) is 4.52. The Morgan fingerprint density at radius 2 is 1.71 bits per heavy atom. The number of H-pyrrole nitrogens is 1. The summed E-state index contributed by atoms with van der Waals surface area (Å²) in [5.41, 5.74) is 6.59. The Hall–Kier alpha value is -3.86. The van der Waals surface area contributed by atoms with E-state index in [9.17, 15) is 14.7 Å². The van der Waals surface area contributed by atoms with Crippen LogP contribution in [0.3, 0.4) is 0 Å². The summed E-state index contributed by atoms with van der Waals surface area (Å²) in [6, 6.07) is 23.4. The van der Waals surface area contributed by atoms with Crippen molar-refractivity contribution in [3.63, 3.8) is 0 Å². The normalized spacial score (nSPS) is 15.5. The molecular weight excluding hydrogens is 388 g/mol. The molecule has 1 aliphatic rings. The van der Waals surface area contributed by atoms with Gasteiger partial charge >= 0.3 is 0 Å².